The summed E-state index contributed by atoms with van der Waals surface area (Å²) >= 11 is 0. The van der Waals surface area contributed by atoms with Crippen LogP contribution in [-0.4, -0.2) is 36.7 Å². The molecule has 0 aliphatic heterocycles. The first-order valence-electron chi connectivity index (χ1n) is 3.24. The molecule has 0 saturated heterocycles. The summed E-state index contributed by atoms with van der Waals surface area (Å²) in [6.45, 7) is 2.11. The van der Waals surface area contributed by atoms with Crippen molar-refractivity contribution in [3.8, 4) is 0 Å². The van der Waals surface area contributed by atoms with Crippen LogP contribution in [0.15, 0.2) is 0 Å². The molecule has 0 saturated carbocycles. The Morgan fingerprint density at radius 1 is 1.00 bits per heavy atom. The van der Waals surface area contributed by atoms with Gasteiger partial charge in [0.1, 0.15) is 10.7 Å². The number of hydrogen-bond acceptors (Lipinski definition) is 5. The molecule has 0 aliphatic carbocycles. The molecule has 0 radical (unpaired) electrons. The maximum atomic E-state index is 10.4. The molecule has 0 heterocycles. The summed E-state index contributed by atoms with van der Waals surface area (Å²) in [6.07, 6.45) is 0. The molecule has 82 valence electrons. The van der Waals surface area contributed by atoms with Gasteiger partial charge >= 0.3 is 29.6 Å². The molecule has 2 atom stereocenters. The van der Waals surface area contributed by atoms with Crippen molar-refractivity contribution in [2.45, 2.75) is 24.6 Å². The predicted octanol–water partition coefficient (Wildman–Crippen LogP) is -3.84. The van der Waals surface area contributed by atoms with Crippen molar-refractivity contribution in [1.82, 2.24) is 5.32 Å². The monoisotopic (exact) mass is 257 g/mol. The van der Waals surface area contributed by atoms with Crippen LogP contribution in [0.5, 0.6) is 0 Å². The van der Waals surface area contributed by atoms with Gasteiger partial charge in [0.2, 0.25) is 0 Å². The van der Waals surface area contributed by atoms with Gasteiger partial charge < -0.3 is 1.43 Å². The fourth-order valence-electron chi connectivity index (χ4n) is 0.502. The minimum absolute atomic E-state index is 0. The largest absolute Gasteiger partial charge is 1.00 e. The molecule has 0 rings (SSSR count). The van der Waals surface area contributed by atoms with Gasteiger partial charge in [0.15, 0.2) is 0 Å². The summed E-state index contributed by atoms with van der Waals surface area (Å²) in [5.41, 5.74) is 0. The molecule has 0 fully saturated rings. The topological polar surface area (TPSA) is 121 Å². The van der Waals surface area contributed by atoms with Crippen molar-refractivity contribution >= 4 is 20.2 Å². The van der Waals surface area contributed by atoms with Crippen LogP contribution < -0.4 is 34.9 Å². The molecule has 7 nitrogen and oxygen atoms in total. The van der Waals surface area contributed by atoms with E-state index in [0.717, 1.165) is 13.8 Å². The number of nitrogens with one attached hydrogen (secondary N) is 1. The second-order valence-corrected chi connectivity index (χ2v) is 5.96. The second-order valence-electron chi connectivity index (χ2n) is 2.48. The van der Waals surface area contributed by atoms with E-state index in [9.17, 15) is 16.8 Å². The third-order valence-electron chi connectivity index (χ3n) is 1.36. The Hall–Kier alpha value is 0.780. The van der Waals surface area contributed by atoms with Crippen molar-refractivity contribution in [1.29, 1.82) is 0 Å². The van der Waals surface area contributed by atoms with Crippen LogP contribution >= 0.6 is 0 Å². The molecule has 2 unspecified atom stereocenters. The number of rotatable bonds is 4. The summed E-state index contributed by atoms with van der Waals surface area (Å²) in [6, 6.07) is 0. The Bertz CT molecular complexity index is 331. The Balaban J connectivity index is -0.000000720. The van der Waals surface area contributed by atoms with Crippen LogP contribution in [0.2, 0.25) is 0 Å². The van der Waals surface area contributed by atoms with E-state index in [4.69, 9.17) is 9.11 Å². The van der Waals surface area contributed by atoms with Gasteiger partial charge in [0.25, 0.3) is 20.2 Å². The summed E-state index contributed by atoms with van der Waals surface area (Å²) in [5, 5.41) is -0.925. The maximum absolute atomic E-state index is 10.4. The molecule has 14 heavy (non-hydrogen) atoms. The smallest absolute Gasteiger partial charge is 1.00 e. The van der Waals surface area contributed by atoms with Crippen molar-refractivity contribution < 1.29 is 56.9 Å². The van der Waals surface area contributed by atoms with Crippen molar-refractivity contribution in [3.05, 3.63) is 0 Å². The van der Waals surface area contributed by atoms with Crippen molar-refractivity contribution in [2.24, 2.45) is 0 Å². The summed E-state index contributed by atoms with van der Waals surface area (Å²) in [7, 11) is -8.69. The molecule has 10 heteroatoms. The van der Waals surface area contributed by atoms with Gasteiger partial charge in [-0.1, -0.05) is 0 Å². The molecule has 0 spiro atoms. The van der Waals surface area contributed by atoms with Gasteiger partial charge in [-0.25, -0.2) is 0 Å². The quantitative estimate of drug-likeness (QED) is 0.348. The normalized spacial score (nSPS) is 16.9. The number of hydrogen-bond donors (Lipinski definition) is 3. The second kappa shape index (κ2) is 5.75. The third kappa shape index (κ3) is 6.30. The van der Waals surface area contributed by atoms with E-state index in [1.54, 1.807) is 0 Å². The van der Waals surface area contributed by atoms with Crippen molar-refractivity contribution in [3.63, 3.8) is 0 Å². The van der Waals surface area contributed by atoms with Crippen LogP contribution in [0, 0.1) is 0 Å². The molecular weight excluding hydrogens is 245 g/mol. The molecule has 3 N–H and O–H groups in total. The van der Waals surface area contributed by atoms with Gasteiger partial charge in [-0.05, 0) is 13.8 Å². The molecular formula is C4H12NNaO6S2. The van der Waals surface area contributed by atoms with E-state index in [-0.39, 0.29) is 31.0 Å². The maximum Gasteiger partial charge on any atom is 1.00 e. The summed E-state index contributed by atoms with van der Waals surface area (Å²) < 4.78 is 58.5. The minimum atomic E-state index is -4.34. The first-order chi connectivity index (χ1) is 5.55. The van der Waals surface area contributed by atoms with Crippen LogP contribution in [0.3, 0.4) is 0 Å². The Kier molecular flexibility index (Phi) is 7.06. The first-order valence-corrected chi connectivity index (χ1v) is 6.24. The Morgan fingerprint density at radius 2 is 1.21 bits per heavy atom. The average molecular weight is 257 g/mol. The SMILES string of the molecule is CC(NC(C)S(=O)(=O)O)S(=O)(=O)O.[H-].[Na+]. The fourth-order valence-corrected chi connectivity index (χ4v) is 1.34. The summed E-state index contributed by atoms with van der Waals surface area (Å²) in [4.78, 5) is 0. The zero-order valence-corrected chi connectivity index (χ0v) is 11.6. The van der Waals surface area contributed by atoms with E-state index < -0.39 is 31.0 Å². The van der Waals surface area contributed by atoms with Gasteiger partial charge in [-0.15, -0.1) is 0 Å². The molecule has 0 aromatic carbocycles. The average Bonchev–Trinajstić information content (AvgIpc) is 1.82. The molecule has 0 amide bonds. The first kappa shape index (κ1) is 17.2. The zero-order valence-electron chi connectivity index (χ0n) is 9.00. The molecule has 0 bridgehead atoms. The van der Waals surface area contributed by atoms with Crippen LogP contribution in [0.25, 0.3) is 0 Å². The predicted molar refractivity (Wildman–Crippen MR) is 46.3 cm³/mol. The third-order valence-corrected chi connectivity index (χ3v) is 3.42. The fraction of sp³-hybridized carbons (Fsp3) is 1.00. The zero-order chi connectivity index (χ0) is 10.9. The standard InChI is InChI=1S/C4H11NO6S2.Na.H/c1-3(12(6,7)8)5-4(2)13(9,10)11;;/h3-5H,1-2H3,(H,6,7,8)(H,9,10,11);;/q;+1;-1. The molecule has 0 aromatic heterocycles. The van der Waals surface area contributed by atoms with Crippen LogP contribution in [0.1, 0.15) is 15.3 Å². The van der Waals surface area contributed by atoms with Gasteiger partial charge in [-0.2, -0.15) is 16.8 Å². The van der Waals surface area contributed by atoms with Gasteiger partial charge in [0.05, 0.1) is 0 Å². The Labute approximate surface area is 107 Å². The van der Waals surface area contributed by atoms with Crippen molar-refractivity contribution in [2.75, 3.05) is 0 Å². The minimum Gasteiger partial charge on any atom is -1.00 e. The summed E-state index contributed by atoms with van der Waals surface area (Å²) in [5.74, 6) is 0. The molecule has 0 aromatic rings. The van der Waals surface area contributed by atoms with E-state index in [2.05, 4.69) is 0 Å². The Morgan fingerprint density at radius 3 is 1.36 bits per heavy atom. The van der Waals surface area contributed by atoms with Crippen LogP contribution in [0.4, 0.5) is 0 Å². The van der Waals surface area contributed by atoms with E-state index in [1.807, 2.05) is 5.32 Å². The van der Waals surface area contributed by atoms with Gasteiger partial charge in [-0.3, -0.25) is 14.4 Å². The van der Waals surface area contributed by atoms with Crippen LogP contribution in [-0.2, 0) is 20.2 Å². The van der Waals surface area contributed by atoms with E-state index >= 15 is 0 Å². The van der Waals surface area contributed by atoms with E-state index in [1.165, 1.54) is 0 Å². The van der Waals surface area contributed by atoms with Gasteiger partial charge in [0, 0.05) is 0 Å². The van der Waals surface area contributed by atoms with E-state index in [0.29, 0.717) is 0 Å². The molecule has 0 aliphatic rings.